The third kappa shape index (κ3) is 12.3. The molecule has 10 rings (SSSR count). The molecule has 14 heteroatoms. The van der Waals surface area contributed by atoms with Crippen LogP contribution in [-0.2, 0) is 48.5 Å². The second-order valence-corrected chi connectivity index (χ2v) is 14.1. The number of carboxylic acids is 2. The second kappa shape index (κ2) is 23.3. The smallest absolute Gasteiger partial charge is 0.872 e. The van der Waals surface area contributed by atoms with Gasteiger partial charge in [0.2, 0.25) is 0 Å². The van der Waals surface area contributed by atoms with Gasteiger partial charge in [-0.1, -0.05) is 133 Å². The Kier molecular flexibility index (Phi) is 17.4. The van der Waals surface area contributed by atoms with Gasteiger partial charge in [0.1, 0.15) is 11.6 Å². The van der Waals surface area contributed by atoms with Gasteiger partial charge in [0, 0.05) is 35.5 Å². The van der Waals surface area contributed by atoms with E-state index < -0.39 is 11.9 Å². The van der Waals surface area contributed by atoms with Crippen molar-refractivity contribution in [1.82, 2.24) is 19.9 Å². The van der Waals surface area contributed by atoms with Crippen molar-refractivity contribution in [1.29, 1.82) is 0 Å². The SMILES string of the molecule is CC(=O)[O-].CC(=O)[O-].[O-]c1ccc2ccccc2c1C=Nc1ccccc1-c1nc2ccccc2[nH]1.[O-]c1ccc2ccccc2c1C=Nc1ccccc1-c1nc2ccccc2[nH]1.[Zn+2].[Zn+2]. The van der Waals surface area contributed by atoms with Crippen molar-refractivity contribution in [2.45, 2.75) is 13.8 Å². The molecule has 0 unspecified atom stereocenters. The van der Waals surface area contributed by atoms with Crippen molar-refractivity contribution in [3.8, 4) is 34.3 Å². The van der Waals surface area contributed by atoms with Crippen LogP contribution in [0.5, 0.6) is 11.5 Å². The van der Waals surface area contributed by atoms with E-state index in [0.29, 0.717) is 11.1 Å². The summed E-state index contributed by atoms with van der Waals surface area (Å²) in [5.74, 6) is -0.726. The van der Waals surface area contributed by atoms with Crippen molar-refractivity contribution in [3.63, 3.8) is 0 Å². The molecule has 0 aliphatic heterocycles. The minimum atomic E-state index is -1.08. The van der Waals surface area contributed by atoms with Gasteiger partial charge >= 0.3 is 39.0 Å². The number of hydrogen-bond acceptors (Lipinski definition) is 10. The third-order valence-corrected chi connectivity index (χ3v) is 9.62. The number of H-pyrrole nitrogens is 2. The number of nitrogens with zero attached hydrogens (tertiary/aromatic N) is 4. The Balaban J connectivity index is 0.000000208. The number of rotatable bonds is 6. The summed E-state index contributed by atoms with van der Waals surface area (Å²) in [4.78, 5) is 43.1. The molecule has 0 aliphatic carbocycles. The molecule has 8 aromatic carbocycles. The summed E-state index contributed by atoms with van der Waals surface area (Å²) in [5, 5.41) is 46.5. The zero-order valence-corrected chi connectivity index (χ0v) is 41.9. The van der Waals surface area contributed by atoms with Crippen LogP contribution < -0.4 is 20.4 Å². The van der Waals surface area contributed by atoms with Crippen LogP contribution in [0, 0.1) is 0 Å². The molecule has 2 N–H and O–H groups in total. The van der Waals surface area contributed by atoms with E-state index in [1.165, 1.54) is 0 Å². The summed E-state index contributed by atoms with van der Waals surface area (Å²) in [6.07, 6.45) is 3.32. The minimum Gasteiger partial charge on any atom is -0.872 e. The summed E-state index contributed by atoms with van der Waals surface area (Å²) in [6.45, 7) is 1.94. The van der Waals surface area contributed by atoms with Gasteiger partial charge in [-0.25, -0.2) is 9.97 Å². The fourth-order valence-electron chi connectivity index (χ4n) is 6.82. The summed E-state index contributed by atoms with van der Waals surface area (Å²) in [5.41, 5.74) is 8.27. The molecule has 0 aliphatic rings. The largest absolute Gasteiger partial charge is 2.00 e. The zero-order valence-electron chi connectivity index (χ0n) is 36.0. The van der Waals surface area contributed by atoms with Crippen LogP contribution in [0.15, 0.2) is 180 Å². The molecule has 0 atom stereocenters. The molecule has 0 bridgehead atoms. The number of hydrogen-bond donors (Lipinski definition) is 2. The molecule has 0 saturated carbocycles. The molecule has 0 amide bonds. The van der Waals surface area contributed by atoms with E-state index in [-0.39, 0.29) is 50.5 Å². The molecule has 10 aromatic rings. The molecule has 0 spiro atoms. The number of aromatic nitrogens is 4. The number of aliphatic imine (C=N–C) groups is 2. The van der Waals surface area contributed by atoms with Gasteiger partial charge in [0.25, 0.3) is 0 Å². The topological polar surface area (TPSA) is 208 Å². The van der Waals surface area contributed by atoms with Gasteiger partial charge in [-0.15, -0.1) is 0 Å². The minimum absolute atomic E-state index is 0. The predicted octanol–water partition coefficient (Wildman–Crippen LogP) is 7.92. The maximum atomic E-state index is 12.4. The predicted molar refractivity (Wildman–Crippen MR) is 246 cm³/mol. The summed E-state index contributed by atoms with van der Waals surface area (Å²) < 4.78 is 0. The van der Waals surface area contributed by atoms with Crippen molar-refractivity contribution < 1.29 is 69.0 Å². The monoisotopic (exact) mass is 970 g/mol. The Labute approximate surface area is 405 Å². The van der Waals surface area contributed by atoms with E-state index in [1.54, 1.807) is 24.6 Å². The Hall–Kier alpha value is -7.65. The van der Waals surface area contributed by atoms with Crippen LogP contribution in [0.25, 0.3) is 66.4 Å². The first-order chi connectivity index (χ1) is 31.0. The van der Waals surface area contributed by atoms with Crippen LogP contribution in [0.2, 0.25) is 0 Å². The van der Waals surface area contributed by atoms with Crippen molar-refractivity contribution in [3.05, 3.63) is 181 Å². The first kappa shape index (κ1) is 49.4. The standard InChI is InChI=1S/2C24H17N3O.2C2H4O2.2Zn/c2*28-23-14-13-16-7-1-2-8-17(16)19(23)15-25-20-10-4-3-9-18(20)24-26-21-11-5-6-12-22(21)27-24;2*1-2(3)4;;/h2*1-15,28H,(H,26,27);2*1H3,(H,3,4);;/q;;;;2*+2/p-4. The van der Waals surface area contributed by atoms with Gasteiger partial charge in [-0.05, 0) is 95.1 Å². The Morgan fingerprint density at radius 1 is 0.470 bits per heavy atom. The number of para-hydroxylation sites is 6. The first-order valence-corrected chi connectivity index (χ1v) is 19.9. The first-order valence-electron chi connectivity index (χ1n) is 19.9. The van der Waals surface area contributed by atoms with E-state index in [2.05, 4.69) is 29.9 Å². The van der Waals surface area contributed by atoms with Gasteiger partial charge in [0.15, 0.2) is 0 Å². The normalized spacial score (nSPS) is 10.6. The molecule has 316 valence electrons. The number of nitrogens with one attached hydrogen (secondary N) is 2. The average Bonchev–Trinajstić information content (AvgIpc) is 3.94. The fourth-order valence-corrected chi connectivity index (χ4v) is 6.82. The van der Waals surface area contributed by atoms with Gasteiger partial charge in [-0.3, -0.25) is 9.98 Å². The molecule has 2 heterocycles. The van der Waals surface area contributed by atoms with Gasteiger partial charge in [0.05, 0.1) is 33.4 Å². The van der Waals surface area contributed by atoms with Crippen LogP contribution in [0.1, 0.15) is 25.0 Å². The summed E-state index contributed by atoms with van der Waals surface area (Å²) in [6, 6.07) is 54.0. The van der Waals surface area contributed by atoms with Gasteiger partial charge in [-0.2, -0.15) is 0 Å². The summed E-state index contributed by atoms with van der Waals surface area (Å²) in [7, 11) is 0. The van der Waals surface area contributed by atoms with Crippen LogP contribution in [-0.4, -0.2) is 44.3 Å². The van der Waals surface area contributed by atoms with Crippen LogP contribution in [0.4, 0.5) is 11.4 Å². The third-order valence-electron chi connectivity index (χ3n) is 9.62. The molecule has 0 fully saturated rings. The molecule has 0 saturated heterocycles. The Morgan fingerprint density at radius 3 is 1.20 bits per heavy atom. The van der Waals surface area contributed by atoms with Crippen molar-refractivity contribution in [2.24, 2.45) is 9.98 Å². The summed E-state index contributed by atoms with van der Waals surface area (Å²) >= 11 is 0. The molecule has 66 heavy (non-hydrogen) atoms. The van der Waals surface area contributed by atoms with E-state index >= 15 is 0 Å². The number of carbonyl (C=O) groups is 2. The number of carbonyl (C=O) groups excluding carboxylic acids is 2. The van der Waals surface area contributed by atoms with E-state index in [0.717, 1.165) is 91.6 Å². The van der Waals surface area contributed by atoms with E-state index in [9.17, 15) is 10.2 Å². The number of aliphatic carboxylic acids is 2. The number of imidazole rings is 2. The van der Waals surface area contributed by atoms with Crippen molar-refractivity contribution >= 4 is 79.4 Å². The van der Waals surface area contributed by atoms with Crippen molar-refractivity contribution in [2.75, 3.05) is 0 Å². The molecule has 12 nitrogen and oxygen atoms in total. The Morgan fingerprint density at radius 2 is 0.803 bits per heavy atom. The molecule has 0 radical (unpaired) electrons. The molecule has 2 aromatic heterocycles. The quantitative estimate of drug-likeness (QED) is 0.123. The zero-order chi connectivity index (χ0) is 45.0. The maximum Gasteiger partial charge on any atom is 2.00 e. The van der Waals surface area contributed by atoms with Crippen LogP contribution in [0.3, 0.4) is 0 Å². The average molecular weight is 974 g/mol. The van der Waals surface area contributed by atoms with E-state index in [1.807, 2.05) is 158 Å². The molecular formula is C52H38N6O6Zn2. The Bertz CT molecular complexity index is 3030. The number of aromatic amines is 2. The number of benzene rings is 8. The molecular weight excluding hydrogens is 935 g/mol. The number of carboxylic acid groups (broad SMARTS) is 2. The fraction of sp³-hybridized carbons (Fsp3) is 0.0385. The maximum absolute atomic E-state index is 12.4. The number of fused-ring (bicyclic) bond motifs is 4. The van der Waals surface area contributed by atoms with E-state index in [4.69, 9.17) is 19.8 Å². The van der Waals surface area contributed by atoms with Gasteiger partial charge < -0.3 is 40.0 Å². The second-order valence-electron chi connectivity index (χ2n) is 14.1. The van der Waals surface area contributed by atoms with Crippen LogP contribution >= 0.6 is 0 Å².